The van der Waals surface area contributed by atoms with Gasteiger partial charge < -0.3 is 5.73 Å². The number of thioether (sulfide) groups is 1. The van der Waals surface area contributed by atoms with Crippen molar-refractivity contribution in [3.8, 4) is 0 Å². The third-order valence-electron chi connectivity index (χ3n) is 2.61. The molecule has 8 heteroatoms. The fourth-order valence-electron chi connectivity index (χ4n) is 1.21. The maximum Gasteiger partial charge on any atom is 0.245 e. The number of rotatable bonds is 6. The molecule has 0 fully saturated rings. The van der Waals surface area contributed by atoms with Gasteiger partial charge >= 0.3 is 0 Å². The van der Waals surface area contributed by atoms with E-state index in [2.05, 4.69) is 9.82 Å². The molecule has 1 rings (SSSR count). The molecule has 104 valence electrons. The molecule has 0 unspecified atom stereocenters. The van der Waals surface area contributed by atoms with Crippen LogP contribution in [0.2, 0.25) is 0 Å². The van der Waals surface area contributed by atoms with Gasteiger partial charge in [-0.2, -0.15) is 16.9 Å². The van der Waals surface area contributed by atoms with E-state index in [-0.39, 0.29) is 15.5 Å². The van der Waals surface area contributed by atoms with E-state index in [1.807, 2.05) is 27.0 Å². The predicted molar refractivity (Wildman–Crippen MR) is 75.1 cm³/mol. The molecule has 0 aliphatic carbocycles. The maximum atomic E-state index is 12.1. The Bertz CT molecular complexity index is 508. The summed E-state index contributed by atoms with van der Waals surface area (Å²) in [5, 5.41) is 3.93. The molecule has 3 N–H and O–H groups in total. The first kappa shape index (κ1) is 15.3. The van der Waals surface area contributed by atoms with Crippen LogP contribution >= 0.6 is 11.8 Å². The summed E-state index contributed by atoms with van der Waals surface area (Å²) in [6, 6.07) is 0. The SMILES string of the molecule is CCn1cc(S(=O)(=O)NCC(C)(C)SC)c(N)n1. The van der Waals surface area contributed by atoms with Crippen LogP contribution in [-0.2, 0) is 16.6 Å². The lowest BCUT2D eigenvalue weighted by Gasteiger charge is -2.21. The van der Waals surface area contributed by atoms with Gasteiger partial charge in [-0.05, 0) is 27.0 Å². The number of nitrogens with two attached hydrogens (primary N) is 1. The second-order valence-electron chi connectivity index (χ2n) is 4.52. The number of aryl methyl sites for hydroxylation is 1. The molecule has 18 heavy (non-hydrogen) atoms. The second-order valence-corrected chi connectivity index (χ2v) is 7.77. The lowest BCUT2D eigenvalue weighted by molar-refractivity contribution is 0.570. The van der Waals surface area contributed by atoms with Gasteiger partial charge in [-0.25, -0.2) is 13.1 Å². The molecule has 0 aliphatic rings. The topological polar surface area (TPSA) is 90.0 Å². The van der Waals surface area contributed by atoms with Crippen LogP contribution in [0.5, 0.6) is 0 Å². The highest BCUT2D eigenvalue weighted by molar-refractivity contribution is 8.00. The summed E-state index contributed by atoms with van der Waals surface area (Å²) in [4.78, 5) is 0.0428. The summed E-state index contributed by atoms with van der Waals surface area (Å²) >= 11 is 1.60. The van der Waals surface area contributed by atoms with Gasteiger partial charge in [0.2, 0.25) is 10.0 Å². The van der Waals surface area contributed by atoms with Crippen molar-refractivity contribution in [1.82, 2.24) is 14.5 Å². The monoisotopic (exact) mass is 292 g/mol. The first-order valence-electron chi connectivity index (χ1n) is 5.59. The number of nitrogens with zero attached hydrogens (tertiary/aromatic N) is 2. The summed E-state index contributed by atoms with van der Waals surface area (Å²) in [5.41, 5.74) is 5.62. The Labute approximate surface area is 112 Å². The van der Waals surface area contributed by atoms with E-state index in [0.29, 0.717) is 13.1 Å². The molecule has 1 aromatic rings. The standard InChI is InChI=1S/C10H20N4O2S2/c1-5-14-6-8(9(11)13-14)18(15,16)12-7-10(2,3)17-4/h6,12H,5,7H2,1-4H3,(H2,11,13). The van der Waals surface area contributed by atoms with Gasteiger partial charge in [0.1, 0.15) is 4.90 Å². The first-order valence-corrected chi connectivity index (χ1v) is 8.30. The van der Waals surface area contributed by atoms with Crippen LogP contribution in [-0.4, -0.2) is 35.7 Å². The molecule has 0 saturated carbocycles. The Kier molecular flexibility index (Phi) is 4.68. The maximum absolute atomic E-state index is 12.1. The van der Waals surface area contributed by atoms with Crippen molar-refractivity contribution >= 4 is 27.6 Å². The zero-order valence-electron chi connectivity index (χ0n) is 11.1. The van der Waals surface area contributed by atoms with Crippen LogP contribution in [0.4, 0.5) is 5.82 Å². The Balaban J connectivity index is 2.90. The highest BCUT2D eigenvalue weighted by Crippen LogP contribution is 2.22. The minimum Gasteiger partial charge on any atom is -0.381 e. The predicted octanol–water partition coefficient (Wildman–Crippen LogP) is 0.905. The number of anilines is 1. The zero-order chi connectivity index (χ0) is 14.0. The summed E-state index contributed by atoms with van der Waals surface area (Å²) < 4.78 is 28.1. The molecule has 0 atom stereocenters. The van der Waals surface area contributed by atoms with Crippen molar-refractivity contribution in [2.24, 2.45) is 0 Å². The highest BCUT2D eigenvalue weighted by atomic mass is 32.2. The summed E-state index contributed by atoms with van der Waals surface area (Å²) in [6.45, 7) is 6.73. The fraction of sp³-hybridized carbons (Fsp3) is 0.700. The summed E-state index contributed by atoms with van der Waals surface area (Å²) in [5.74, 6) is 0.0336. The van der Waals surface area contributed by atoms with Crippen LogP contribution in [0, 0.1) is 0 Å². The second kappa shape index (κ2) is 5.50. The normalized spacial score (nSPS) is 12.9. The minimum absolute atomic E-state index is 0.0336. The molecular formula is C10H20N4O2S2. The van der Waals surface area contributed by atoms with Gasteiger partial charge in [-0.1, -0.05) is 0 Å². The lowest BCUT2D eigenvalue weighted by Crippen LogP contribution is -2.36. The molecule has 0 saturated heterocycles. The molecule has 0 amide bonds. The number of hydrogen-bond acceptors (Lipinski definition) is 5. The molecule has 0 aromatic carbocycles. The van der Waals surface area contributed by atoms with Crippen LogP contribution in [0.15, 0.2) is 11.1 Å². The molecule has 0 bridgehead atoms. The van der Waals surface area contributed by atoms with Crippen molar-refractivity contribution < 1.29 is 8.42 Å². The van der Waals surface area contributed by atoms with Gasteiger partial charge in [0.05, 0.1) is 0 Å². The van der Waals surface area contributed by atoms with Crippen LogP contribution in [0.3, 0.4) is 0 Å². The van der Waals surface area contributed by atoms with Crippen LogP contribution in [0.25, 0.3) is 0 Å². The largest absolute Gasteiger partial charge is 0.381 e. The van der Waals surface area contributed by atoms with Crippen molar-refractivity contribution in [1.29, 1.82) is 0 Å². The molecule has 6 nitrogen and oxygen atoms in total. The van der Waals surface area contributed by atoms with E-state index >= 15 is 0 Å². The number of sulfonamides is 1. The Hall–Kier alpha value is -0.730. The number of nitrogens with one attached hydrogen (secondary N) is 1. The molecule has 0 aliphatic heterocycles. The first-order chi connectivity index (χ1) is 8.22. The van der Waals surface area contributed by atoms with E-state index in [0.717, 1.165) is 0 Å². The molecule has 1 aromatic heterocycles. The van der Waals surface area contributed by atoms with Gasteiger partial charge in [0.15, 0.2) is 5.82 Å². The number of hydrogen-bond donors (Lipinski definition) is 2. The average molecular weight is 292 g/mol. The summed E-state index contributed by atoms with van der Waals surface area (Å²) in [6.07, 6.45) is 3.39. The minimum atomic E-state index is -3.60. The van der Waals surface area contributed by atoms with Gasteiger partial charge in [0.25, 0.3) is 0 Å². The van der Waals surface area contributed by atoms with Crippen LogP contribution < -0.4 is 10.5 Å². The summed E-state index contributed by atoms with van der Waals surface area (Å²) in [7, 11) is -3.60. The van der Waals surface area contributed by atoms with Crippen LogP contribution in [0.1, 0.15) is 20.8 Å². The highest BCUT2D eigenvalue weighted by Gasteiger charge is 2.24. The van der Waals surface area contributed by atoms with Gasteiger partial charge in [0, 0.05) is 24.0 Å². The lowest BCUT2D eigenvalue weighted by atomic mass is 10.2. The van der Waals surface area contributed by atoms with Crippen molar-refractivity contribution in [3.63, 3.8) is 0 Å². The Morgan fingerprint density at radius 3 is 2.61 bits per heavy atom. The zero-order valence-corrected chi connectivity index (χ0v) is 12.7. The average Bonchev–Trinajstić information content (AvgIpc) is 2.69. The Morgan fingerprint density at radius 1 is 1.56 bits per heavy atom. The van der Waals surface area contributed by atoms with E-state index in [1.165, 1.54) is 10.9 Å². The van der Waals surface area contributed by atoms with Crippen molar-refractivity contribution in [2.75, 3.05) is 18.5 Å². The number of nitrogen functional groups attached to an aromatic ring is 1. The molecule has 0 radical (unpaired) electrons. The molecular weight excluding hydrogens is 272 g/mol. The van der Waals surface area contributed by atoms with E-state index in [9.17, 15) is 8.42 Å². The van der Waals surface area contributed by atoms with Crippen molar-refractivity contribution in [3.05, 3.63) is 6.20 Å². The van der Waals surface area contributed by atoms with Crippen molar-refractivity contribution in [2.45, 2.75) is 37.0 Å². The smallest absolute Gasteiger partial charge is 0.245 e. The van der Waals surface area contributed by atoms with Gasteiger partial charge in [-0.3, -0.25) is 4.68 Å². The fourth-order valence-corrected chi connectivity index (χ4v) is 2.80. The number of aromatic nitrogens is 2. The third kappa shape index (κ3) is 3.63. The Morgan fingerprint density at radius 2 is 2.17 bits per heavy atom. The quantitative estimate of drug-likeness (QED) is 0.813. The molecule has 0 spiro atoms. The van der Waals surface area contributed by atoms with E-state index < -0.39 is 10.0 Å². The van der Waals surface area contributed by atoms with Gasteiger partial charge in [-0.15, -0.1) is 0 Å². The van der Waals surface area contributed by atoms with E-state index in [4.69, 9.17) is 5.73 Å². The molecule has 1 heterocycles. The third-order valence-corrected chi connectivity index (χ3v) is 5.28. The van der Waals surface area contributed by atoms with E-state index in [1.54, 1.807) is 11.8 Å².